The number of hydrogen-bond acceptors (Lipinski definition) is 8. The molecule has 29 heavy (non-hydrogen) atoms. The first kappa shape index (κ1) is 21.9. The molecule has 0 aromatic carbocycles. The Morgan fingerprint density at radius 3 is 3.00 bits per heavy atom. The number of rotatable bonds is 8. The number of nitrogens with zero attached hydrogens (tertiary/aromatic N) is 4. The number of halogens is 1. The van der Waals surface area contributed by atoms with Crippen molar-refractivity contribution in [3.63, 3.8) is 0 Å². The molecular weight excluding hydrogens is 460 g/mol. The Morgan fingerprint density at radius 2 is 2.24 bits per heavy atom. The van der Waals surface area contributed by atoms with Crippen LogP contribution >= 0.6 is 27.7 Å². The standard InChI is InChI=1S/C19H23BrN4O4S/c1-26-11-15-7-17(23-19(22-15)29-2)28-12-16-10-24(3-4-27-16)18(25)6-13-5-14(20)9-21-8-13/h5,7-9,16H,3-4,6,10-12H2,1-2H3. The van der Waals surface area contributed by atoms with Crippen LogP contribution in [0.15, 0.2) is 34.2 Å². The van der Waals surface area contributed by atoms with Gasteiger partial charge in [-0.1, -0.05) is 11.8 Å². The molecule has 1 amide bonds. The summed E-state index contributed by atoms with van der Waals surface area (Å²) in [5.74, 6) is 0.524. The minimum Gasteiger partial charge on any atom is -0.475 e. The molecule has 156 valence electrons. The molecule has 0 spiro atoms. The van der Waals surface area contributed by atoms with Gasteiger partial charge in [0.1, 0.15) is 12.7 Å². The molecule has 1 aliphatic rings. The van der Waals surface area contributed by atoms with E-state index >= 15 is 0 Å². The van der Waals surface area contributed by atoms with Gasteiger partial charge in [-0.2, -0.15) is 4.98 Å². The van der Waals surface area contributed by atoms with E-state index in [2.05, 4.69) is 30.9 Å². The summed E-state index contributed by atoms with van der Waals surface area (Å²) in [5.41, 5.74) is 1.63. The Bertz CT molecular complexity index is 842. The second-order valence-corrected chi connectivity index (χ2v) is 8.14. The van der Waals surface area contributed by atoms with Crippen molar-refractivity contribution in [2.75, 3.05) is 39.7 Å². The van der Waals surface area contributed by atoms with Crippen LogP contribution in [0.2, 0.25) is 0 Å². The molecule has 3 heterocycles. The SMILES string of the molecule is COCc1cc(OCC2CN(C(=O)Cc3cncc(Br)c3)CCO2)nc(SC)n1. The molecule has 8 nitrogen and oxygen atoms in total. The molecule has 0 saturated carbocycles. The van der Waals surface area contributed by atoms with Crippen molar-refractivity contribution in [3.05, 3.63) is 40.3 Å². The van der Waals surface area contributed by atoms with Crippen LogP contribution < -0.4 is 4.74 Å². The normalized spacial score (nSPS) is 16.7. The van der Waals surface area contributed by atoms with E-state index in [1.54, 1.807) is 25.6 Å². The smallest absolute Gasteiger partial charge is 0.227 e. The molecule has 1 saturated heterocycles. The number of carbonyl (C=O) groups excluding carboxylic acids is 1. The minimum atomic E-state index is -0.216. The Balaban J connectivity index is 1.55. The first-order valence-electron chi connectivity index (χ1n) is 9.10. The van der Waals surface area contributed by atoms with Crippen LogP contribution in [0.3, 0.4) is 0 Å². The summed E-state index contributed by atoms with van der Waals surface area (Å²) < 4.78 is 17.6. The molecule has 2 aromatic rings. The highest BCUT2D eigenvalue weighted by Crippen LogP contribution is 2.18. The van der Waals surface area contributed by atoms with Crippen LogP contribution in [0.25, 0.3) is 0 Å². The minimum absolute atomic E-state index is 0.0484. The highest BCUT2D eigenvalue weighted by atomic mass is 79.9. The Labute approximate surface area is 182 Å². The Hall–Kier alpha value is -1.75. The number of pyridine rings is 1. The van der Waals surface area contributed by atoms with Crippen LogP contribution in [0, 0.1) is 0 Å². The summed E-state index contributed by atoms with van der Waals surface area (Å²) in [6, 6.07) is 3.66. The number of amides is 1. The second-order valence-electron chi connectivity index (χ2n) is 6.45. The van der Waals surface area contributed by atoms with Gasteiger partial charge in [-0.15, -0.1) is 0 Å². The predicted molar refractivity (Wildman–Crippen MR) is 112 cm³/mol. The summed E-state index contributed by atoms with van der Waals surface area (Å²) in [6.07, 6.45) is 5.41. The van der Waals surface area contributed by atoms with Crippen molar-refractivity contribution in [3.8, 4) is 5.88 Å². The van der Waals surface area contributed by atoms with E-state index in [-0.39, 0.29) is 12.0 Å². The highest BCUT2D eigenvalue weighted by molar-refractivity contribution is 9.10. The van der Waals surface area contributed by atoms with Crippen molar-refractivity contribution in [2.24, 2.45) is 0 Å². The molecule has 0 N–H and O–H groups in total. The second kappa shape index (κ2) is 10.9. The molecule has 0 radical (unpaired) electrons. The fraction of sp³-hybridized carbons (Fsp3) is 0.474. The van der Waals surface area contributed by atoms with Crippen LogP contribution in [0.4, 0.5) is 0 Å². The first-order chi connectivity index (χ1) is 14.1. The van der Waals surface area contributed by atoms with Gasteiger partial charge < -0.3 is 19.1 Å². The van der Waals surface area contributed by atoms with Crippen molar-refractivity contribution in [1.29, 1.82) is 0 Å². The van der Waals surface area contributed by atoms with E-state index in [0.717, 1.165) is 15.7 Å². The van der Waals surface area contributed by atoms with Gasteiger partial charge in [0.25, 0.3) is 0 Å². The van der Waals surface area contributed by atoms with Crippen LogP contribution in [-0.4, -0.2) is 71.5 Å². The predicted octanol–water partition coefficient (Wildman–Crippen LogP) is 2.35. The van der Waals surface area contributed by atoms with Gasteiger partial charge in [0, 0.05) is 36.6 Å². The Kier molecular flexibility index (Phi) is 8.22. The average molecular weight is 483 g/mol. The third kappa shape index (κ3) is 6.63. The van der Waals surface area contributed by atoms with Gasteiger partial charge in [0.05, 0.1) is 31.9 Å². The van der Waals surface area contributed by atoms with E-state index in [0.29, 0.717) is 50.4 Å². The third-order valence-electron chi connectivity index (χ3n) is 4.24. The topological polar surface area (TPSA) is 86.7 Å². The molecular formula is C19H23BrN4O4S. The third-order valence-corrected chi connectivity index (χ3v) is 5.22. The van der Waals surface area contributed by atoms with Gasteiger partial charge in [0.15, 0.2) is 5.16 Å². The zero-order valence-electron chi connectivity index (χ0n) is 16.3. The van der Waals surface area contributed by atoms with Gasteiger partial charge in [-0.05, 0) is 33.8 Å². The lowest BCUT2D eigenvalue weighted by Gasteiger charge is -2.32. The van der Waals surface area contributed by atoms with Crippen molar-refractivity contribution < 1.29 is 19.0 Å². The molecule has 0 aliphatic carbocycles. The highest BCUT2D eigenvalue weighted by Gasteiger charge is 2.25. The number of ether oxygens (including phenoxy) is 3. The maximum absolute atomic E-state index is 12.6. The fourth-order valence-corrected chi connectivity index (χ4v) is 3.70. The molecule has 1 aliphatic heterocycles. The Morgan fingerprint density at radius 1 is 1.38 bits per heavy atom. The first-order valence-corrected chi connectivity index (χ1v) is 11.1. The summed E-state index contributed by atoms with van der Waals surface area (Å²) >= 11 is 4.82. The molecule has 1 fully saturated rings. The fourth-order valence-electron chi connectivity index (χ4n) is 2.90. The number of thioether (sulfide) groups is 1. The molecule has 1 unspecified atom stereocenters. The molecule has 1 atom stereocenters. The number of hydrogen-bond donors (Lipinski definition) is 0. The zero-order valence-corrected chi connectivity index (χ0v) is 18.7. The van der Waals surface area contributed by atoms with E-state index < -0.39 is 0 Å². The number of methoxy groups -OCH3 is 1. The van der Waals surface area contributed by atoms with Crippen LogP contribution in [-0.2, 0) is 27.3 Å². The van der Waals surface area contributed by atoms with Crippen molar-refractivity contribution >= 4 is 33.6 Å². The lowest BCUT2D eigenvalue weighted by atomic mass is 10.2. The largest absolute Gasteiger partial charge is 0.475 e. The van der Waals surface area contributed by atoms with Crippen LogP contribution in [0.1, 0.15) is 11.3 Å². The monoisotopic (exact) mass is 482 g/mol. The lowest BCUT2D eigenvalue weighted by molar-refractivity contribution is -0.139. The van der Waals surface area contributed by atoms with Crippen LogP contribution in [0.5, 0.6) is 5.88 Å². The number of aromatic nitrogens is 3. The zero-order chi connectivity index (χ0) is 20.6. The number of morpholine rings is 1. The maximum atomic E-state index is 12.6. The summed E-state index contributed by atoms with van der Waals surface area (Å²) in [7, 11) is 1.62. The van der Waals surface area contributed by atoms with E-state index in [4.69, 9.17) is 14.2 Å². The van der Waals surface area contributed by atoms with Gasteiger partial charge in [0.2, 0.25) is 11.8 Å². The number of carbonyl (C=O) groups is 1. The van der Waals surface area contributed by atoms with E-state index in [1.165, 1.54) is 11.8 Å². The molecule has 0 bridgehead atoms. The summed E-state index contributed by atoms with van der Waals surface area (Å²) in [4.78, 5) is 27.3. The van der Waals surface area contributed by atoms with Gasteiger partial charge in [-0.25, -0.2) is 4.98 Å². The van der Waals surface area contributed by atoms with E-state index in [9.17, 15) is 4.79 Å². The quantitative estimate of drug-likeness (QED) is 0.418. The summed E-state index contributed by atoms with van der Waals surface area (Å²) in [6.45, 7) is 2.22. The maximum Gasteiger partial charge on any atom is 0.227 e. The molecule has 2 aromatic heterocycles. The molecule has 3 rings (SSSR count). The van der Waals surface area contributed by atoms with Gasteiger partial charge >= 0.3 is 0 Å². The van der Waals surface area contributed by atoms with Crippen molar-refractivity contribution in [2.45, 2.75) is 24.3 Å². The molecule has 10 heteroatoms. The van der Waals surface area contributed by atoms with Crippen molar-refractivity contribution in [1.82, 2.24) is 19.9 Å². The van der Waals surface area contributed by atoms with E-state index in [1.807, 2.05) is 17.2 Å². The van der Waals surface area contributed by atoms with Gasteiger partial charge in [-0.3, -0.25) is 9.78 Å². The average Bonchev–Trinajstić information content (AvgIpc) is 2.72. The lowest BCUT2D eigenvalue weighted by Crippen LogP contribution is -2.48. The summed E-state index contributed by atoms with van der Waals surface area (Å²) in [5, 5.41) is 0.624.